The number of hydrogen-bond donors (Lipinski definition) is 0. The van der Waals surface area contributed by atoms with E-state index in [2.05, 4.69) is 20.8 Å². The Bertz CT molecular complexity index is 400. The molecule has 0 amide bonds. The van der Waals surface area contributed by atoms with Crippen molar-refractivity contribution in [3.05, 3.63) is 0 Å². The summed E-state index contributed by atoms with van der Waals surface area (Å²) in [6.45, 7) is 12.4. The number of rotatable bonds is 5. The number of esters is 1. The Labute approximate surface area is 136 Å². The first-order valence-electron chi connectivity index (χ1n) is 8.37. The van der Waals surface area contributed by atoms with E-state index < -0.39 is 20.2 Å². The van der Waals surface area contributed by atoms with E-state index in [-0.39, 0.29) is 11.9 Å². The van der Waals surface area contributed by atoms with Gasteiger partial charge in [0.2, 0.25) is 8.32 Å². The fraction of sp³-hybridized carbons (Fsp3) is 0.882. The molecule has 1 fully saturated rings. The summed E-state index contributed by atoms with van der Waals surface area (Å²) in [5.41, 5.74) is 0. The van der Waals surface area contributed by atoms with Crippen molar-refractivity contribution >= 4 is 20.3 Å². The molecule has 0 heterocycles. The highest BCUT2D eigenvalue weighted by Crippen LogP contribution is 2.42. The van der Waals surface area contributed by atoms with Crippen LogP contribution < -0.4 is 0 Å². The summed E-state index contributed by atoms with van der Waals surface area (Å²) in [6, 6.07) is 0. The second-order valence-corrected chi connectivity index (χ2v) is 12.5. The van der Waals surface area contributed by atoms with Crippen LogP contribution in [0.4, 0.5) is 0 Å². The Kier molecular flexibility index (Phi) is 6.65. The number of carbonyl (C=O) groups is 2. The largest absolute Gasteiger partial charge is 0.519 e. The SMILES string of the molecule is COC(=O)C(C(=O)O[Si](C)(C)C)C1CC(C)CCC1C(C)C. The molecule has 0 radical (unpaired) electrons. The molecule has 22 heavy (non-hydrogen) atoms. The van der Waals surface area contributed by atoms with Crippen LogP contribution in [0.25, 0.3) is 0 Å². The maximum Gasteiger partial charge on any atom is 0.320 e. The standard InChI is InChI=1S/C17H32O4Si/c1-11(2)13-9-8-12(3)10-14(13)15(16(18)20-4)17(19)21-22(5,6)7/h11-15H,8-10H2,1-7H3. The Hall–Kier alpha value is -0.843. The molecule has 4 atom stereocenters. The van der Waals surface area contributed by atoms with Gasteiger partial charge in [0.05, 0.1) is 7.11 Å². The van der Waals surface area contributed by atoms with Gasteiger partial charge in [-0.2, -0.15) is 0 Å². The quantitative estimate of drug-likeness (QED) is 0.437. The zero-order valence-electron chi connectivity index (χ0n) is 15.1. The van der Waals surface area contributed by atoms with Crippen molar-refractivity contribution in [1.82, 2.24) is 0 Å². The molecule has 128 valence electrons. The highest BCUT2D eigenvalue weighted by molar-refractivity contribution is 6.71. The maximum absolute atomic E-state index is 12.6. The van der Waals surface area contributed by atoms with E-state index >= 15 is 0 Å². The Morgan fingerprint density at radius 3 is 2.09 bits per heavy atom. The van der Waals surface area contributed by atoms with Gasteiger partial charge in [-0.1, -0.05) is 27.2 Å². The molecule has 0 N–H and O–H groups in total. The van der Waals surface area contributed by atoms with Crippen LogP contribution in [-0.2, 0) is 18.8 Å². The first-order chi connectivity index (χ1) is 10.1. The van der Waals surface area contributed by atoms with Crippen LogP contribution in [0.3, 0.4) is 0 Å². The molecule has 0 spiro atoms. The van der Waals surface area contributed by atoms with Gasteiger partial charge in [0.1, 0.15) is 0 Å². The predicted octanol–water partition coefficient (Wildman–Crippen LogP) is 3.86. The lowest BCUT2D eigenvalue weighted by Gasteiger charge is -2.40. The zero-order valence-corrected chi connectivity index (χ0v) is 16.1. The lowest BCUT2D eigenvalue weighted by molar-refractivity contribution is -0.161. The third kappa shape index (κ3) is 5.11. The van der Waals surface area contributed by atoms with Crippen LogP contribution in [-0.4, -0.2) is 27.4 Å². The molecule has 0 saturated heterocycles. The molecule has 1 saturated carbocycles. The van der Waals surface area contributed by atoms with Crippen LogP contribution >= 0.6 is 0 Å². The summed E-state index contributed by atoms with van der Waals surface area (Å²) in [6.07, 6.45) is 3.12. The Balaban J connectivity index is 3.07. The van der Waals surface area contributed by atoms with Gasteiger partial charge >= 0.3 is 11.9 Å². The van der Waals surface area contributed by atoms with Crippen molar-refractivity contribution in [2.24, 2.45) is 29.6 Å². The molecule has 0 aromatic carbocycles. The van der Waals surface area contributed by atoms with Gasteiger partial charge in [0.15, 0.2) is 5.92 Å². The fourth-order valence-corrected chi connectivity index (χ4v) is 4.33. The third-order valence-electron chi connectivity index (χ3n) is 4.62. The summed E-state index contributed by atoms with van der Waals surface area (Å²) >= 11 is 0. The van der Waals surface area contributed by atoms with Crippen molar-refractivity contribution in [2.75, 3.05) is 7.11 Å². The summed E-state index contributed by atoms with van der Waals surface area (Å²) < 4.78 is 10.6. The number of carbonyl (C=O) groups excluding carboxylic acids is 2. The molecule has 1 rings (SSSR count). The van der Waals surface area contributed by atoms with E-state index in [0.717, 1.165) is 19.3 Å². The van der Waals surface area contributed by atoms with Gasteiger partial charge in [-0.05, 0) is 56.2 Å². The monoisotopic (exact) mass is 328 g/mol. The highest BCUT2D eigenvalue weighted by Gasteiger charge is 2.45. The molecule has 0 bridgehead atoms. The molecular formula is C17H32O4Si. The molecular weight excluding hydrogens is 296 g/mol. The van der Waals surface area contributed by atoms with Gasteiger partial charge in [0.25, 0.3) is 0 Å². The number of ether oxygens (including phenoxy) is 1. The van der Waals surface area contributed by atoms with Crippen molar-refractivity contribution in [1.29, 1.82) is 0 Å². The van der Waals surface area contributed by atoms with E-state index in [1.807, 2.05) is 19.6 Å². The van der Waals surface area contributed by atoms with Crippen molar-refractivity contribution in [3.8, 4) is 0 Å². The Morgan fingerprint density at radius 1 is 1.05 bits per heavy atom. The lowest BCUT2D eigenvalue weighted by atomic mass is 9.65. The molecule has 1 aliphatic rings. The first-order valence-corrected chi connectivity index (χ1v) is 11.8. The molecule has 1 aliphatic carbocycles. The van der Waals surface area contributed by atoms with E-state index in [9.17, 15) is 9.59 Å². The van der Waals surface area contributed by atoms with E-state index in [4.69, 9.17) is 9.16 Å². The predicted molar refractivity (Wildman–Crippen MR) is 89.8 cm³/mol. The summed E-state index contributed by atoms with van der Waals surface area (Å²) in [4.78, 5) is 25.0. The van der Waals surface area contributed by atoms with Crippen molar-refractivity contribution in [3.63, 3.8) is 0 Å². The summed E-state index contributed by atoms with van der Waals surface area (Å²) in [7, 11) is -0.674. The third-order valence-corrected chi connectivity index (χ3v) is 5.43. The fourth-order valence-electron chi connectivity index (χ4n) is 3.60. The molecule has 4 nitrogen and oxygen atoms in total. The van der Waals surface area contributed by atoms with E-state index in [0.29, 0.717) is 17.8 Å². The minimum absolute atomic E-state index is 0.0278. The van der Waals surface area contributed by atoms with Crippen LogP contribution in [0.2, 0.25) is 19.6 Å². The second kappa shape index (κ2) is 7.62. The maximum atomic E-state index is 12.6. The van der Waals surface area contributed by atoms with E-state index in [1.165, 1.54) is 7.11 Å². The topological polar surface area (TPSA) is 52.6 Å². The van der Waals surface area contributed by atoms with Gasteiger partial charge < -0.3 is 9.16 Å². The Morgan fingerprint density at radius 2 is 1.64 bits per heavy atom. The lowest BCUT2D eigenvalue weighted by Crippen LogP contribution is -2.44. The molecule has 0 aliphatic heterocycles. The van der Waals surface area contributed by atoms with Crippen LogP contribution in [0, 0.1) is 29.6 Å². The summed E-state index contributed by atoms with van der Waals surface area (Å²) in [5.74, 6) is -0.207. The molecule has 0 aromatic rings. The average Bonchev–Trinajstić information content (AvgIpc) is 2.36. The smallest absolute Gasteiger partial charge is 0.320 e. The number of hydrogen-bond acceptors (Lipinski definition) is 4. The second-order valence-electron chi connectivity index (χ2n) is 8.02. The summed E-state index contributed by atoms with van der Waals surface area (Å²) in [5, 5.41) is 0. The molecule has 4 unspecified atom stereocenters. The normalized spacial score (nSPS) is 27.4. The highest BCUT2D eigenvalue weighted by atomic mass is 28.4. The molecule has 0 aromatic heterocycles. The van der Waals surface area contributed by atoms with Gasteiger partial charge in [-0.15, -0.1) is 0 Å². The van der Waals surface area contributed by atoms with Crippen LogP contribution in [0.15, 0.2) is 0 Å². The van der Waals surface area contributed by atoms with Crippen molar-refractivity contribution < 1.29 is 18.8 Å². The van der Waals surface area contributed by atoms with Crippen molar-refractivity contribution in [2.45, 2.75) is 59.7 Å². The zero-order chi connectivity index (χ0) is 17.1. The molecule has 5 heteroatoms. The first kappa shape index (κ1) is 19.2. The minimum Gasteiger partial charge on any atom is -0.519 e. The van der Waals surface area contributed by atoms with Gasteiger partial charge in [0, 0.05) is 0 Å². The average molecular weight is 329 g/mol. The van der Waals surface area contributed by atoms with Crippen LogP contribution in [0.1, 0.15) is 40.0 Å². The number of methoxy groups -OCH3 is 1. The van der Waals surface area contributed by atoms with E-state index in [1.54, 1.807) is 0 Å². The van der Waals surface area contributed by atoms with Gasteiger partial charge in [-0.25, -0.2) is 0 Å². The van der Waals surface area contributed by atoms with Crippen LogP contribution in [0.5, 0.6) is 0 Å². The van der Waals surface area contributed by atoms with Gasteiger partial charge in [-0.3, -0.25) is 9.59 Å². The minimum atomic E-state index is -2.03.